The number of nitriles is 1. The third kappa shape index (κ3) is 7.88. The number of thiophene rings is 1. The molecule has 39 heavy (non-hydrogen) atoms. The van der Waals surface area contributed by atoms with Crippen molar-refractivity contribution in [2.45, 2.75) is 58.3 Å². The number of allylic oxidation sites excluding steroid dienone is 1. The molecule has 0 unspecified atom stereocenters. The quantitative estimate of drug-likeness (QED) is 0.210. The van der Waals surface area contributed by atoms with Gasteiger partial charge in [0.2, 0.25) is 0 Å². The summed E-state index contributed by atoms with van der Waals surface area (Å²) >= 11 is 1.36. The number of anilines is 1. The zero-order valence-corrected chi connectivity index (χ0v) is 24.2. The molecule has 2 aromatic carbocycles. The van der Waals surface area contributed by atoms with E-state index < -0.39 is 39.8 Å². The van der Waals surface area contributed by atoms with E-state index in [1.165, 1.54) is 23.1 Å². The lowest BCUT2D eigenvalue weighted by Crippen LogP contribution is -2.44. The monoisotopic (exact) mass is 571 g/mol. The van der Waals surface area contributed by atoms with Gasteiger partial charge in [-0.2, -0.15) is 5.26 Å². The molecule has 3 atom stereocenters. The van der Waals surface area contributed by atoms with Crippen molar-refractivity contribution in [3.63, 3.8) is 0 Å². The molecule has 8 nitrogen and oxygen atoms in total. The number of sulfonamides is 1. The fourth-order valence-corrected chi connectivity index (χ4v) is 6.24. The van der Waals surface area contributed by atoms with Crippen LogP contribution in [0.4, 0.5) is 5.69 Å². The van der Waals surface area contributed by atoms with Crippen molar-refractivity contribution in [1.29, 1.82) is 5.26 Å². The summed E-state index contributed by atoms with van der Waals surface area (Å²) in [5.41, 5.74) is 2.20. The standard InChI is InChI=1S/C29H37N3O5S2/c1-4-13-32(14-5-2)23-10-9-20-15-22(8-7-21(20)16-23)28-12-11-24(38-28)17-25(18-30)39(36,37)31-19-27(34)29(35)26(33)6-3/h7-12,15-17,26-27,29,31,33-35H,4-6,13-14,19H2,1-3H3/b25-17+/t26-,27-,29+/m1/s1. The van der Waals surface area contributed by atoms with Crippen LogP contribution in [-0.2, 0) is 10.0 Å². The molecule has 4 N–H and O–H groups in total. The zero-order valence-electron chi connectivity index (χ0n) is 22.5. The Morgan fingerprint density at radius 3 is 2.31 bits per heavy atom. The Bertz CT molecular complexity index is 1420. The smallest absolute Gasteiger partial charge is 0.250 e. The first-order valence-corrected chi connectivity index (χ1v) is 15.5. The van der Waals surface area contributed by atoms with Crippen LogP contribution in [0, 0.1) is 11.3 Å². The molecular formula is C29H37N3O5S2. The summed E-state index contributed by atoms with van der Waals surface area (Å²) < 4.78 is 27.5. The Morgan fingerprint density at radius 1 is 1.00 bits per heavy atom. The summed E-state index contributed by atoms with van der Waals surface area (Å²) in [6, 6.07) is 18.1. The molecule has 0 amide bonds. The average Bonchev–Trinajstić information content (AvgIpc) is 3.41. The molecule has 0 saturated carbocycles. The topological polar surface area (TPSA) is 134 Å². The van der Waals surface area contributed by atoms with Crippen molar-refractivity contribution < 1.29 is 23.7 Å². The molecule has 0 aliphatic heterocycles. The fourth-order valence-electron chi connectivity index (χ4n) is 4.27. The number of benzene rings is 2. The fraction of sp³-hybridized carbons (Fsp3) is 0.414. The number of aliphatic hydroxyl groups is 3. The van der Waals surface area contributed by atoms with Crippen LogP contribution in [0.5, 0.6) is 0 Å². The highest BCUT2D eigenvalue weighted by molar-refractivity contribution is 7.93. The number of nitrogens with one attached hydrogen (secondary N) is 1. The molecule has 1 aromatic heterocycles. The van der Waals surface area contributed by atoms with Crippen LogP contribution in [0.1, 0.15) is 44.9 Å². The molecule has 0 fully saturated rings. The van der Waals surface area contributed by atoms with Gasteiger partial charge in [-0.25, -0.2) is 13.1 Å². The number of nitrogens with zero attached hydrogens (tertiary/aromatic N) is 2. The number of hydrogen-bond acceptors (Lipinski definition) is 8. The van der Waals surface area contributed by atoms with Crippen LogP contribution in [0.2, 0.25) is 0 Å². The molecular weight excluding hydrogens is 534 g/mol. The van der Waals surface area contributed by atoms with Gasteiger partial charge in [0.25, 0.3) is 10.0 Å². The zero-order chi connectivity index (χ0) is 28.6. The minimum atomic E-state index is -4.24. The van der Waals surface area contributed by atoms with E-state index in [4.69, 9.17) is 0 Å². The Hall–Kier alpha value is -2.78. The lowest BCUT2D eigenvalue weighted by molar-refractivity contribution is -0.0570. The molecule has 0 aliphatic rings. The molecule has 3 aromatic rings. The maximum absolute atomic E-state index is 12.7. The predicted octanol–water partition coefficient (Wildman–Crippen LogP) is 4.47. The van der Waals surface area contributed by atoms with E-state index >= 15 is 0 Å². The highest BCUT2D eigenvalue weighted by atomic mass is 32.2. The number of hydrogen-bond donors (Lipinski definition) is 4. The van der Waals surface area contributed by atoms with E-state index in [1.54, 1.807) is 19.1 Å². The number of aliphatic hydroxyl groups excluding tert-OH is 3. The van der Waals surface area contributed by atoms with Crippen molar-refractivity contribution >= 4 is 43.9 Å². The first kappa shape index (κ1) is 30.8. The van der Waals surface area contributed by atoms with E-state index in [-0.39, 0.29) is 6.42 Å². The molecule has 210 valence electrons. The van der Waals surface area contributed by atoms with Crippen molar-refractivity contribution in [3.05, 3.63) is 58.3 Å². The first-order chi connectivity index (χ1) is 18.6. The van der Waals surface area contributed by atoms with E-state index in [0.717, 1.165) is 47.1 Å². The molecule has 0 spiro atoms. The third-order valence-electron chi connectivity index (χ3n) is 6.45. The summed E-state index contributed by atoms with van der Waals surface area (Å²) in [6.45, 7) is 7.49. The second-order valence-electron chi connectivity index (χ2n) is 9.44. The first-order valence-electron chi connectivity index (χ1n) is 13.2. The highest BCUT2D eigenvalue weighted by Crippen LogP contribution is 2.33. The maximum atomic E-state index is 12.7. The van der Waals surface area contributed by atoms with Gasteiger partial charge in [-0.05, 0) is 72.0 Å². The van der Waals surface area contributed by atoms with Crippen LogP contribution in [0.25, 0.3) is 27.3 Å². The highest BCUT2D eigenvalue weighted by Gasteiger charge is 2.26. The molecule has 3 rings (SSSR count). The second kappa shape index (κ2) is 14.0. The van der Waals surface area contributed by atoms with Crippen LogP contribution in [0.15, 0.2) is 53.4 Å². The minimum Gasteiger partial charge on any atom is -0.390 e. The number of fused-ring (bicyclic) bond motifs is 1. The predicted molar refractivity (Wildman–Crippen MR) is 159 cm³/mol. The van der Waals surface area contributed by atoms with Gasteiger partial charge in [-0.15, -0.1) is 11.3 Å². The van der Waals surface area contributed by atoms with E-state index in [0.29, 0.717) is 4.88 Å². The summed E-state index contributed by atoms with van der Waals surface area (Å²) in [6.07, 6.45) is -0.557. The van der Waals surface area contributed by atoms with Gasteiger partial charge in [0.05, 0.1) is 12.2 Å². The van der Waals surface area contributed by atoms with Crippen LogP contribution < -0.4 is 9.62 Å². The second-order valence-corrected chi connectivity index (χ2v) is 12.3. The largest absolute Gasteiger partial charge is 0.390 e. The van der Waals surface area contributed by atoms with Gasteiger partial charge >= 0.3 is 0 Å². The Balaban J connectivity index is 1.78. The van der Waals surface area contributed by atoms with Crippen molar-refractivity contribution in [1.82, 2.24) is 4.72 Å². The summed E-state index contributed by atoms with van der Waals surface area (Å²) in [5, 5.41) is 41.2. The lowest BCUT2D eigenvalue weighted by Gasteiger charge is -2.24. The third-order valence-corrected chi connectivity index (χ3v) is 8.87. The van der Waals surface area contributed by atoms with E-state index in [9.17, 15) is 29.0 Å². The Morgan fingerprint density at radius 2 is 1.67 bits per heavy atom. The van der Waals surface area contributed by atoms with Gasteiger partial charge < -0.3 is 20.2 Å². The summed E-state index contributed by atoms with van der Waals surface area (Å²) in [7, 11) is -4.24. The maximum Gasteiger partial charge on any atom is 0.250 e. The molecule has 10 heteroatoms. The average molecular weight is 572 g/mol. The SMILES string of the molecule is CCCN(CCC)c1ccc2cc(-c3ccc(/C=C(\C#N)S(=O)(=O)NC[C@@H](O)[C@@H](O)[C@H](O)CC)s3)ccc2c1. The molecule has 1 heterocycles. The van der Waals surface area contributed by atoms with Gasteiger partial charge in [0, 0.05) is 35.1 Å². The van der Waals surface area contributed by atoms with Crippen molar-refractivity contribution in [3.8, 4) is 16.5 Å². The summed E-state index contributed by atoms with van der Waals surface area (Å²) in [5.74, 6) is 0. The van der Waals surface area contributed by atoms with E-state index in [1.807, 2.05) is 12.1 Å². The van der Waals surface area contributed by atoms with Gasteiger partial charge in [-0.3, -0.25) is 0 Å². The molecule has 0 aliphatic carbocycles. The normalized spacial score (nSPS) is 14.6. The van der Waals surface area contributed by atoms with Crippen LogP contribution in [0.3, 0.4) is 0 Å². The number of rotatable bonds is 14. The van der Waals surface area contributed by atoms with Crippen molar-refractivity contribution in [2.24, 2.45) is 0 Å². The van der Waals surface area contributed by atoms with Gasteiger partial charge in [-0.1, -0.05) is 39.0 Å². The van der Waals surface area contributed by atoms with Crippen molar-refractivity contribution in [2.75, 3.05) is 24.5 Å². The van der Waals surface area contributed by atoms with E-state index in [2.05, 4.69) is 53.8 Å². The molecule has 0 saturated heterocycles. The summed E-state index contributed by atoms with van der Waals surface area (Å²) in [4.78, 5) is 3.40. The molecule has 0 bridgehead atoms. The van der Waals surface area contributed by atoms with Crippen LogP contribution in [-0.4, -0.2) is 61.7 Å². The molecule has 0 radical (unpaired) electrons. The van der Waals surface area contributed by atoms with Crippen LogP contribution >= 0.6 is 11.3 Å². The lowest BCUT2D eigenvalue weighted by atomic mass is 10.0. The van der Waals surface area contributed by atoms with Gasteiger partial charge in [0.15, 0.2) is 4.91 Å². The Kier molecular flexibility index (Phi) is 11.1. The Labute approximate surface area is 234 Å². The minimum absolute atomic E-state index is 0.198. The van der Waals surface area contributed by atoms with Gasteiger partial charge in [0.1, 0.15) is 12.2 Å².